The average molecular weight is 678 g/mol. The Morgan fingerprint density at radius 1 is 1.06 bits per heavy atom. The average Bonchev–Trinajstić information content (AvgIpc) is 3.93. The molecule has 0 saturated carbocycles. The number of fused-ring (bicyclic) bond motifs is 6. The molecule has 0 aliphatic carbocycles. The van der Waals surface area contributed by atoms with Crippen LogP contribution in [0.15, 0.2) is 48.7 Å². The highest BCUT2D eigenvalue weighted by Crippen LogP contribution is 2.43. The van der Waals surface area contributed by atoms with E-state index in [1.807, 2.05) is 11.1 Å². The van der Waals surface area contributed by atoms with E-state index in [9.17, 15) is 4.79 Å². The number of H-pyrrole nitrogens is 2. The first-order valence-corrected chi connectivity index (χ1v) is 17.9. The van der Waals surface area contributed by atoms with Crippen LogP contribution < -0.4 is 15.4 Å². The molecule has 0 radical (unpaired) electrons. The molecule has 1 amide bonds. The highest BCUT2D eigenvalue weighted by molar-refractivity contribution is 6.07. The van der Waals surface area contributed by atoms with Gasteiger partial charge in [0.25, 0.3) is 0 Å². The number of ether oxygens (including phenoxy) is 3. The Morgan fingerprint density at radius 3 is 2.76 bits per heavy atom. The number of rotatable bonds is 10. The number of nitrogens with one attached hydrogen (secondary N) is 4. The summed E-state index contributed by atoms with van der Waals surface area (Å²) in [5, 5.41) is 8.99. The molecule has 5 atom stereocenters. The van der Waals surface area contributed by atoms with E-state index >= 15 is 0 Å². The van der Waals surface area contributed by atoms with Gasteiger partial charge in [-0.05, 0) is 84.4 Å². The minimum atomic E-state index is -0.327. The van der Waals surface area contributed by atoms with Crippen molar-refractivity contribution in [3.63, 3.8) is 0 Å². The van der Waals surface area contributed by atoms with Gasteiger partial charge in [-0.25, -0.2) is 9.97 Å². The second kappa shape index (κ2) is 13.4. The first-order chi connectivity index (χ1) is 24.3. The lowest BCUT2D eigenvalue weighted by atomic mass is 9.92. The van der Waals surface area contributed by atoms with Crippen molar-refractivity contribution in [2.45, 2.75) is 70.8 Å². The summed E-state index contributed by atoms with van der Waals surface area (Å²) < 4.78 is 17.0. The van der Waals surface area contributed by atoms with Gasteiger partial charge in [0.15, 0.2) is 0 Å². The molecule has 262 valence electrons. The summed E-state index contributed by atoms with van der Waals surface area (Å²) in [6, 6.07) is 15.1. The fraction of sp³-hybridized carbons (Fsp3) is 0.462. The van der Waals surface area contributed by atoms with Crippen molar-refractivity contribution in [1.82, 2.24) is 35.5 Å². The number of amides is 1. The Morgan fingerprint density at radius 2 is 1.94 bits per heavy atom. The summed E-state index contributed by atoms with van der Waals surface area (Å²) in [5.41, 5.74) is 7.35. The molecule has 2 saturated heterocycles. The summed E-state index contributed by atoms with van der Waals surface area (Å²) in [7, 11) is 3.39. The maximum Gasteiger partial charge on any atom is 0.240 e. The Balaban J connectivity index is 1.07. The van der Waals surface area contributed by atoms with Crippen molar-refractivity contribution in [2.24, 2.45) is 11.8 Å². The Labute approximate surface area is 292 Å². The van der Waals surface area contributed by atoms with E-state index < -0.39 is 0 Å². The molecular formula is C39H47N7O4. The lowest BCUT2D eigenvalue weighted by Crippen LogP contribution is -2.51. The molecule has 50 heavy (non-hydrogen) atoms. The van der Waals surface area contributed by atoms with E-state index in [1.54, 1.807) is 14.2 Å². The largest absolute Gasteiger partial charge is 0.488 e. The van der Waals surface area contributed by atoms with Gasteiger partial charge in [0.05, 0.1) is 54.4 Å². The van der Waals surface area contributed by atoms with E-state index in [4.69, 9.17) is 24.2 Å². The van der Waals surface area contributed by atoms with Gasteiger partial charge < -0.3 is 34.4 Å². The van der Waals surface area contributed by atoms with Crippen LogP contribution in [-0.4, -0.2) is 76.9 Å². The van der Waals surface area contributed by atoms with Crippen LogP contribution in [0.25, 0.3) is 44.2 Å². The number of imidazole rings is 2. The van der Waals surface area contributed by atoms with Gasteiger partial charge in [-0.1, -0.05) is 32.0 Å². The normalized spacial score (nSPS) is 22.3. The Kier molecular flexibility index (Phi) is 8.84. The van der Waals surface area contributed by atoms with Crippen LogP contribution in [0.5, 0.6) is 5.75 Å². The van der Waals surface area contributed by atoms with E-state index in [0.29, 0.717) is 19.3 Å². The summed E-state index contributed by atoms with van der Waals surface area (Å²) in [5.74, 6) is 3.38. The molecule has 5 aromatic rings. The van der Waals surface area contributed by atoms with Gasteiger partial charge in [0.2, 0.25) is 5.91 Å². The topological polar surface area (TPSA) is 129 Å². The van der Waals surface area contributed by atoms with Crippen molar-refractivity contribution in [1.29, 1.82) is 0 Å². The van der Waals surface area contributed by atoms with Gasteiger partial charge in [0.1, 0.15) is 24.0 Å². The quantitative estimate of drug-likeness (QED) is 0.128. The van der Waals surface area contributed by atoms with Crippen molar-refractivity contribution >= 4 is 27.7 Å². The number of methoxy groups -OCH3 is 2. The van der Waals surface area contributed by atoms with Crippen molar-refractivity contribution < 1.29 is 19.0 Å². The Hall–Kier alpha value is -4.29. The van der Waals surface area contributed by atoms with Crippen molar-refractivity contribution in [3.8, 4) is 28.1 Å². The van der Waals surface area contributed by atoms with Crippen molar-refractivity contribution in [2.75, 3.05) is 34.1 Å². The molecule has 3 aromatic carbocycles. The van der Waals surface area contributed by atoms with Crippen LogP contribution in [0.2, 0.25) is 0 Å². The number of aromatic amines is 2. The smallest absolute Gasteiger partial charge is 0.240 e. The van der Waals surface area contributed by atoms with Gasteiger partial charge in [-0.2, -0.15) is 0 Å². The molecule has 4 N–H and O–H groups in total. The minimum Gasteiger partial charge on any atom is -0.488 e. The molecule has 0 bridgehead atoms. The zero-order valence-corrected chi connectivity index (χ0v) is 29.5. The molecule has 11 heteroatoms. The molecule has 5 heterocycles. The van der Waals surface area contributed by atoms with E-state index in [2.05, 4.69) is 83.8 Å². The molecule has 0 unspecified atom stereocenters. The van der Waals surface area contributed by atoms with Gasteiger partial charge in [-0.15, -0.1) is 0 Å². The predicted octanol–water partition coefficient (Wildman–Crippen LogP) is 6.23. The summed E-state index contributed by atoms with van der Waals surface area (Å²) >= 11 is 0. The number of likely N-dealkylation sites (tertiary alicyclic amines) is 1. The molecule has 2 fully saturated rings. The molecule has 2 aromatic heterocycles. The van der Waals surface area contributed by atoms with Gasteiger partial charge in [-0.3, -0.25) is 10.1 Å². The molecule has 3 aliphatic heterocycles. The van der Waals surface area contributed by atoms with Gasteiger partial charge >= 0.3 is 0 Å². The fourth-order valence-corrected chi connectivity index (χ4v) is 8.24. The lowest BCUT2D eigenvalue weighted by Gasteiger charge is -2.33. The number of hydrogen-bond acceptors (Lipinski definition) is 8. The molecule has 3 aliphatic rings. The van der Waals surface area contributed by atoms with Crippen LogP contribution in [-0.2, 0) is 20.9 Å². The summed E-state index contributed by atoms with van der Waals surface area (Å²) in [6.07, 6.45) is 4.74. The zero-order valence-electron chi connectivity index (χ0n) is 29.5. The maximum atomic E-state index is 13.9. The third kappa shape index (κ3) is 5.85. The predicted molar refractivity (Wildman–Crippen MR) is 194 cm³/mol. The first kappa shape index (κ1) is 32.9. The van der Waals surface area contributed by atoms with Gasteiger partial charge in [0, 0.05) is 37.8 Å². The number of nitrogens with zero attached hydrogens (tertiary/aromatic N) is 3. The summed E-state index contributed by atoms with van der Waals surface area (Å²) in [4.78, 5) is 33.0. The van der Waals surface area contributed by atoms with E-state index in [-0.39, 0.29) is 36.0 Å². The van der Waals surface area contributed by atoms with E-state index in [0.717, 1.165) is 94.0 Å². The number of benzene rings is 3. The fourth-order valence-electron chi connectivity index (χ4n) is 8.24. The molecule has 0 spiro atoms. The zero-order chi connectivity index (χ0) is 34.5. The molecule has 8 rings (SSSR count). The highest BCUT2D eigenvalue weighted by Gasteiger charge is 2.40. The third-order valence-corrected chi connectivity index (χ3v) is 10.8. The maximum absolute atomic E-state index is 13.9. The van der Waals surface area contributed by atoms with E-state index in [1.165, 1.54) is 5.56 Å². The second-order valence-corrected chi connectivity index (χ2v) is 14.6. The first-order valence-electron chi connectivity index (χ1n) is 17.9. The standard InChI is InChI=1S/C39H47N7O4/c1-21(2)35(42-20-49-5)39(47)46-22(3)6-11-33(46)38-43-30-10-8-24-14-29-27-9-7-25(13-26(27)19-50-34(29)15-28(24)36(30)45-38)32-17-41-37(44-32)31-12-23(16-40-31)18-48-4/h7-10,13-15,17,21-23,31,33,35,40,42H,6,11-12,16,18-20H2,1-5H3,(H,41,44)(H,43,45)/t22-,23-,31-,33-,35-/m0/s1. The number of carbonyl (C=O) groups excluding carboxylic acids is 1. The van der Waals surface area contributed by atoms with Crippen LogP contribution in [0.1, 0.15) is 69.3 Å². The SMILES string of the molecule is COCN[C@H](C(=O)N1[C@@H](C)CC[C@H]1c1nc2c(ccc3cc4c(cc32)OCc2cc(-c3cnc([C@@H]5C[C@H](COC)CN5)[nH]3)ccc2-4)[nH]1)C(C)C. The monoisotopic (exact) mass is 677 g/mol. The number of hydrogen-bond donors (Lipinski definition) is 4. The highest BCUT2D eigenvalue weighted by atomic mass is 16.5. The second-order valence-electron chi connectivity index (χ2n) is 14.6. The number of carbonyl (C=O) groups is 1. The van der Waals surface area contributed by atoms with Crippen LogP contribution in [0.3, 0.4) is 0 Å². The summed E-state index contributed by atoms with van der Waals surface area (Å²) in [6.45, 7) is 8.78. The third-order valence-electron chi connectivity index (χ3n) is 10.8. The molecular weight excluding hydrogens is 630 g/mol. The number of aromatic nitrogens is 4. The minimum absolute atomic E-state index is 0.0940. The van der Waals surface area contributed by atoms with Crippen molar-refractivity contribution in [3.05, 3.63) is 65.9 Å². The molecule has 11 nitrogen and oxygen atoms in total. The van der Waals surface area contributed by atoms with Crippen LogP contribution >= 0.6 is 0 Å². The lowest BCUT2D eigenvalue weighted by molar-refractivity contribution is -0.138. The van der Waals surface area contributed by atoms with Crippen LogP contribution in [0.4, 0.5) is 0 Å². The van der Waals surface area contributed by atoms with Crippen LogP contribution in [0, 0.1) is 11.8 Å². The Bertz CT molecular complexity index is 2040.